The molecule has 0 radical (unpaired) electrons. The van der Waals surface area contributed by atoms with E-state index in [-0.39, 0.29) is 17.9 Å². The summed E-state index contributed by atoms with van der Waals surface area (Å²) >= 11 is 0. The lowest BCUT2D eigenvalue weighted by atomic mass is 10.00. The summed E-state index contributed by atoms with van der Waals surface area (Å²) < 4.78 is 4.98. The highest BCUT2D eigenvalue weighted by molar-refractivity contribution is 5.98. The van der Waals surface area contributed by atoms with Gasteiger partial charge < -0.3 is 15.4 Å². The molecule has 5 heteroatoms. The number of aryl methyl sites for hydroxylation is 1. The second-order valence-electron chi connectivity index (χ2n) is 4.75. The van der Waals surface area contributed by atoms with Crippen molar-refractivity contribution in [2.24, 2.45) is 0 Å². The van der Waals surface area contributed by atoms with Crippen LogP contribution in [0.2, 0.25) is 0 Å². The van der Waals surface area contributed by atoms with E-state index in [9.17, 15) is 9.59 Å². The Morgan fingerprint density at radius 1 is 1.47 bits per heavy atom. The monoisotopic (exact) mass is 262 g/mol. The number of nitrogens with one attached hydrogen (secondary N) is 2. The highest BCUT2D eigenvalue weighted by Gasteiger charge is 2.17. The number of benzene rings is 1. The average molecular weight is 262 g/mol. The molecule has 1 aromatic carbocycles. The summed E-state index contributed by atoms with van der Waals surface area (Å²) in [5, 5.41) is 5.66. The van der Waals surface area contributed by atoms with E-state index in [0.717, 1.165) is 11.3 Å². The van der Waals surface area contributed by atoms with Crippen molar-refractivity contribution in [2.75, 3.05) is 19.0 Å². The molecule has 0 saturated heterocycles. The highest BCUT2D eigenvalue weighted by atomic mass is 16.5. The Labute approximate surface area is 112 Å². The molecule has 1 aliphatic rings. The first-order valence-electron chi connectivity index (χ1n) is 6.32. The predicted octanol–water partition coefficient (Wildman–Crippen LogP) is 1.34. The lowest BCUT2D eigenvalue weighted by Crippen LogP contribution is -2.35. The number of carbonyl (C=O) groups is 2. The van der Waals surface area contributed by atoms with Gasteiger partial charge in [-0.15, -0.1) is 0 Å². The molecule has 0 aliphatic carbocycles. The molecule has 1 heterocycles. The van der Waals surface area contributed by atoms with E-state index in [1.54, 1.807) is 19.2 Å². The molecule has 0 spiro atoms. The van der Waals surface area contributed by atoms with Gasteiger partial charge in [-0.1, -0.05) is 0 Å². The quantitative estimate of drug-likeness (QED) is 0.860. The summed E-state index contributed by atoms with van der Waals surface area (Å²) in [6.45, 7) is 2.37. The summed E-state index contributed by atoms with van der Waals surface area (Å²) in [5.74, 6) is -0.0948. The van der Waals surface area contributed by atoms with E-state index in [4.69, 9.17) is 4.74 Å². The van der Waals surface area contributed by atoms with Gasteiger partial charge in [0.25, 0.3) is 5.91 Å². The van der Waals surface area contributed by atoms with E-state index in [0.29, 0.717) is 25.0 Å². The third kappa shape index (κ3) is 3.32. The summed E-state index contributed by atoms with van der Waals surface area (Å²) in [5.41, 5.74) is 2.42. The van der Waals surface area contributed by atoms with Crippen molar-refractivity contribution < 1.29 is 14.3 Å². The van der Waals surface area contributed by atoms with Crippen LogP contribution in [0.5, 0.6) is 0 Å². The fourth-order valence-electron chi connectivity index (χ4n) is 2.12. The first kappa shape index (κ1) is 13.5. The van der Waals surface area contributed by atoms with E-state index in [1.165, 1.54) is 0 Å². The van der Waals surface area contributed by atoms with Gasteiger partial charge in [0.2, 0.25) is 5.91 Å². The molecule has 0 fully saturated rings. The minimum Gasteiger partial charge on any atom is -0.383 e. The fourth-order valence-corrected chi connectivity index (χ4v) is 2.12. The van der Waals surface area contributed by atoms with Gasteiger partial charge in [-0.2, -0.15) is 0 Å². The molecule has 2 rings (SSSR count). The normalized spacial score (nSPS) is 15.4. The topological polar surface area (TPSA) is 67.4 Å². The van der Waals surface area contributed by atoms with Crippen LogP contribution in [0.4, 0.5) is 5.69 Å². The van der Waals surface area contributed by atoms with Gasteiger partial charge in [-0.3, -0.25) is 9.59 Å². The Bertz CT molecular complexity index is 499. The van der Waals surface area contributed by atoms with Gasteiger partial charge >= 0.3 is 0 Å². The molecule has 2 N–H and O–H groups in total. The van der Waals surface area contributed by atoms with Crippen LogP contribution in [0.3, 0.4) is 0 Å². The van der Waals surface area contributed by atoms with Gasteiger partial charge in [0, 0.05) is 30.8 Å². The Hall–Kier alpha value is -1.88. The van der Waals surface area contributed by atoms with Gasteiger partial charge in [-0.05, 0) is 37.1 Å². The van der Waals surface area contributed by atoms with E-state index in [2.05, 4.69) is 10.6 Å². The van der Waals surface area contributed by atoms with Crippen molar-refractivity contribution >= 4 is 17.5 Å². The van der Waals surface area contributed by atoms with Crippen LogP contribution in [0.25, 0.3) is 0 Å². The lowest BCUT2D eigenvalue weighted by molar-refractivity contribution is -0.116. The minimum absolute atomic E-state index is 0.0263. The number of hydrogen-bond donors (Lipinski definition) is 2. The van der Waals surface area contributed by atoms with Crippen molar-refractivity contribution in [3.05, 3.63) is 29.3 Å². The van der Waals surface area contributed by atoms with Gasteiger partial charge in [0.05, 0.1) is 6.61 Å². The van der Waals surface area contributed by atoms with E-state index in [1.807, 2.05) is 13.0 Å². The number of ether oxygens (including phenoxy) is 1. The second kappa shape index (κ2) is 5.84. The molecular weight excluding hydrogens is 244 g/mol. The molecule has 1 aliphatic heterocycles. The predicted molar refractivity (Wildman–Crippen MR) is 72.2 cm³/mol. The zero-order chi connectivity index (χ0) is 13.8. The van der Waals surface area contributed by atoms with Crippen molar-refractivity contribution in [3.63, 3.8) is 0 Å². The number of hydrogen-bond acceptors (Lipinski definition) is 3. The molecular formula is C14H18N2O3. The fraction of sp³-hybridized carbons (Fsp3) is 0.429. The first-order chi connectivity index (χ1) is 9.10. The van der Waals surface area contributed by atoms with Gasteiger partial charge in [0.15, 0.2) is 0 Å². The van der Waals surface area contributed by atoms with E-state index < -0.39 is 0 Å². The minimum atomic E-state index is -0.121. The van der Waals surface area contributed by atoms with Crippen LogP contribution >= 0.6 is 0 Å². The number of methoxy groups -OCH3 is 1. The Kier molecular flexibility index (Phi) is 4.16. The molecule has 5 nitrogen and oxygen atoms in total. The third-order valence-electron chi connectivity index (χ3n) is 3.06. The number of amides is 2. The molecule has 1 atom stereocenters. The maximum absolute atomic E-state index is 12.0. The standard InChI is InChI=1S/C14H18N2O3/c1-9(8-19-2)15-14(18)11-3-5-12-10(7-11)4-6-13(17)16-12/h3,5,7,9H,4,6,8H2,1-2H3,(H,15,18)(H,16,17). The zero-order valence-electron chi connectivity index (χ0n) is 11.2. The van der Waals surface area contributed by atoms with Crippen molar-refractivity contribution in [3.8, 4) is 0 Å². The van der Waals surface area contributed by atoms with Crippen LogP contribution in [0, 0.1) is 0 Å². The second-order valence-corrected chi connectivity index (χ2v) is 4.75. The number of anilines is 1. The SMILES string of the molecule is COCC(C)NC(=O)c1ccc2c(c1)CCC(=O)N2. The van der Waals surface area contributed by atoms with Gasteiger partial charge in [0.1, 0.15) is 0 Å². The maximum Gasteiger partial charge on any atom is 0.251 e. The summed E-state index contributed by atoms with van der Waals surface area (Å²) in [6.07, 6.45) is 1.15. The molecule has 19 heavy (non-hydrogen) atoms. The zero-order valence-corrected chi connectivity index (χ0v) is 11.2. The summed E-state index contributed by atoms with van der Waals surface area (Å²) in [4.78, 5) is 23.3. The summed E-state index contributed by atoms with van der Waals surface area (Å²) in [7, 11) is 1.60. The van der Waals surface area contributed by atoms with Crippen LogP contribution in [0.15, 0.2) is 18.2 Å². The van der Waals surface area contributed by atoms with Crippen molar-refractivity contribution in [2.45, 2.75) is 25.8 Å². The molecule has 0 aromatic heterocycles. The molecule has 0 bridgehead atoms. The van der Waals surface area contributed by atoms with Crippen LogP contribution in [-0.4, -0.2) is 31.6 Å². The van der Waals surface area contributed by atoms with Crippen molar-refractivity contribution in [1.29, 1.82) is 0 Å². The van der Waals surface area contributed by atoms with Crippen LogP contribution in [-0.2, 0) is 16.0 Å². The molecule has 2 amide bonds. The van der Waals surface area contributed by atoms with Gasteiger partial charge in [-0.25, -0.2) is 0 Å². The Morgan fingerprint density at radius 3 is 3.00 bits per heavy atom. The number of fused-ring (bicyclic) bond motifs is 1. The number of carbonyl (C=O) groups excluding carboxylic acids is 2. The smallest absolute Gasteiger partial charge is 0.251 e. The maximum atomic E-state index is 12.0. The first-order valence-corrected chi connectivity index (χ1v) is 6.32. The highest BCUT2D eigenvalue weighted by Crippen LogP contribution is 2.23. The molecule has 0 saturated carbocycles. The average Bonchev–Trinajstić information content (AvgIpc) is 2.38. The number of rotatable bonds is 4. The summed E-state index contributed by atoms with van der Waals surface area (Å²) in [6, 6.07) is 5.30. The Morgan fingerprint density at radius 2 is 2.26 bits per heavy atom. The van der Waals surface area contributed by atoms with Crippen LogP contribution in [0.1, 0.15) is 29.3 Å². The Balaban J connectivity index is 2.09. The van der Waals surface area contributed by atoms with Crippen molar-refractivity contribution in [1.82, 2.24) is 5.32 Å². The van der Waals surface area contributed by atoms with E-state index >= 15 is 0 Å². The molecule has 1 aromatic rings. The van der Waals surface area contributed by atoms with Crippen LogP contribution < -0.4 is 10.6 Å². The largest absolute Gasteiger partial charge is 0.383 e. The molecule has 102 valence electrons. The third-order valence-corrected chi connectivity index (χ3v) is 3.06. The molecule has 1 unspecified atom stereocenters. The lowest BCUT2D eigenvalue weighted by Gasteiger charge is -2.18.